The van der Waals surface area contributed by atoms with Gasteiger partial charge in [0.2, 0.25) is 5.88 Å². The largest absolute Gasteiger partial charge is 0.439 e. The van der Waals surface area contributed by atoms with E-state index in [1.165, 1.54) is 11.1 Å². The summed E-state index contributed by atoms with van der Waals surface area (Å²) in [6.07, 6.45) is 1.72. The van der Waals surface area contributed by atoms with Crippen molar-refractivity contribution in [3.8, 4) is 11.6 Å². The van der Waals surface area contributed by atoms with E-state index in [0.717, 1.165) is 11.3 Å². The molecule has 0 aliphatic carbocycles. The number of rotatable bonds is 4. The molecule has 0 bridgehead atoms. The zero-order valence-corrected chi connectivity index (χ0v) is 19.1. The number of ether oxygens (including phenoxy) is 1. The average Bonchev–Trinajstić information content (AvgIpc) is 2.68. The van der Waals surface area contributed by atoms with Crippen LogP contribution in [0.25, 0.3) is 0 Å². The van der Waals surface area contributed by atoms with E-state index >= 15 is 0 Å². The van der Waals surface area contributed by atoms with Crippen molar-refractivity contribution in [2.45, 2.75) is 39.0 Å². The van der Waals surface area contributed by atoms with Gasteiger partial charge in [0, 0.05) is 38.9 Å². The van der Waals surface area contributed by atoms with Gasteiger partial charge in [-0.25, -0.2) is 13.4 Å². The third kappa shape index (κ3) is 4.92. The van der Waals surface area contributed by atoms with Crippen molar-refractivity contribution in [1.82, 2.24) is 15.2 Å². The highest BCUT2D eigenvalue weighted by atomic mass is 32.2. The second-order valence-corrected chi connectivity index (χ2v) is 11.0. The van der Waals surface area contributed by atoms with Crippen LogP contribution in [0.2, 0.25) is 0 Å². The van der Waals surface area contributed by atoms with Gasteiger partial charge in [0.25, 0.3) is 0 Å². The van der Waals surface area contributed by atoms with Gasteiger partial charge in [-0.3, -0.25) is 4.99 Å². The van der Waals surface area contributed by atoms with Crippen LogP contribution in [0.4, 0.5) is 0 Å². The normalized spacial score (nSPS) is 18.2. The van der Waals surface area contributed by atoms with Crippen LogP contribution in [-0.4, -0.2) is 54.9 Å². The number of nitrogens with one attached hydrogen (secondary N) is 1. The fourth-order valence-corrected chi connectivity index (χ4v) is 4.72. The molecule has 0 amide bonds. The second kappa shape index (κ2) is 8.63. The van der Waals surface area contributed by atoms with Crippen molar-refractivity contribution < 1.29 is 13.2 Å². The molecule has 1 aliphatic rings. The molecule has 0 unspecified atom stereocenters. The van der Waals surface area contributed by atoms with E-state index in [1.54, 1.807) is 27.1 Å². The number of aliphatic imine (C=N–C) groups is 1. The van der Waals surface area contributed by atoms with Crippen LogP contribution < -0.4 is 10.1 Å². The minimum Gasteiger partial charge on any atom is -0.439 e. The Hall–Kier alpha value is -2.61. The Morgan fingerprint density at radius 2 is 2.00 bits per heavy atom. The van der Waals surface area contributed by atoms with Crippen LogP contribution in [0.15, 0.2) is 41.5 Å². The SMILES string of the molecule is CN=C(NCc1ccnc(Oc2ccc(C)c(C)c2)c1)N1CCS(=O)(=O)C(C)(C)C1. The number of pyridine rings is 1. The average molecular weight is 431 g/mol. The molecule has 1 fully saturated rings. The second-order valence-electron chi connectivity index (χ2n) is 8.25. The summed E-state index contributed by atoms with van der Waals surface area (Å²) < 4.78 is 29.6. The predicted octanol–water partition coefficient (Wildman–Crippen LogP) is 3.08. The van der Waals surface area contributed by atoms with Crippen molar-refractivity contribution in [3.05, 3.63) is 53.2 Å². The lowest BCUT2D eigenvalue weighted by atomic mass is 10.1. The third-order valence-electron chi connectivity index (χ3n) is 5.51. The summed E-state index contributed by atoms with van der Waals surface area (Å²) in [5.41, 5.74) is 3.38. The molecule has 0 spiro atoms. The highest BCUT2D eigenvalue weighted by Crippen LogP contribution is 2.24. The molecule has 1 N–H and O–H groups in total. The number of nitrogens with zero attached hydrogens (tertiary/aromatic N) is 3. The monoisotopic (exact) mass is 430 g/mol. The smallest absolute Gasteiger partial charge is 0.219 e. The molecule has 1 aromatic carbocycles. The number of aryl methyl sites for hydroxylation is 2. The van der Waals surface area contributed by atoms with Gasteiger partial charge in [0.15, 0.2) is 15.8 Å². The molecule has 1 aromatic heterocycles. The summed E-state index contributed by atoms with van der Waals surface area (Å²) in [5.74, 6) is 2.09. The Morgan fingerprint density at radius 3 is 2.67 bits per heavy atom. The Labute approximate surface area is 179 Å². The van der Waals surface area contributed by atoms with Gasteiger partial charge in [-0.05, 0) is 62.6 Å². The number of hydrogen-bond acceptors (Lipinski definition) is 5. The summed E-state index contributed by atoms with van der Waals surface area (Å²) in [5, 5.41) is 3.33. The van der Waals surface area contributed by atoms with Crippen LogP contribution in [-0.2, 0) is 16.4 Å². The molecule has 0 saturated carbocycles. The lowest BCUT2D eigenvalue weighted by molar-refractivity contribution is 0.353. The molecule has 0 radical (unpaired) electrons. The van der Waals surface area contributed by atoms with E-state index in [-0.39, 0.29) is 5.75 Å². The zero-order valence-electron chi connectivity index (χ0n) is 18.3. The number of sulfone groups is 1. The Balaban J connectivity index is 1.65. The first kappa shape index (κ1) is 22.1. The summed E-state index contributed by atoms with van der Waals surface area (Å²) in [7, 11) is -1.39. The number of benzene rings is 1. The quantitative estimate of drug-likeness (QED) is 0.593. The van der Waals surface area contributed by atoms with Gasteiger partial charge in [-0.2, -0.15) is 0 Å². The zero-order chi connectivity index (χ0) is 21.9. The van der Waals surface area contributed by atoms with Gasteiger partial charge in [-0.15, -0.1) is 0 Å². The predicted molar refractivity (Wildman–Crippen MR) is 120 cm³/mol. The maximum Gasteiger partial charge on any atom is 0.219 e. The molecular weight excluding hydrogens is 400 g/mol. The number of hydrogen-bond donors (Lipinski definition) is 1. The van der Waals surface area contributed by atoms with Gasteiger partial charge in [-0.1, -0.05) is 6.07 Å². The molecular formula is C22H30N4O3S. The van der Waals surface area contributed by atoms with Gasteiger partial charge in [0.05, 0.1) is 10.5 Å². The lowest BCUT2D eigenvalue weighted by Gasteiger charge is -2.39. The van der Waals surface area contributed by atoms with Crippen LogP contribution >= 0.6 is 0 Å². The molecule has 1 aliphatic heterocycles. The van der Waals surface area contributed by atoms with Crippen LogP contribution in [0.5, 0.6) is 11.6 Å². The first-order valence-electron chi connectivity index (χ1n) is 9.99. The molecule has 1 saturated heterocycles. The maximum absolute atomic E-state index is 12.3. The Morgan fingerprint density at radius 1 is 1.23 bits per heavy atom. The van der Waals surface area contributed by atoms with E-state index in [1.807, 2.05) is 35.2 Å². The highest BCUT2D eigenvalue weighted by molar-refractivity contribution is 7.92. The van der Waals surface area contributed by atoms with E-state index in [4.69, 9.17) is 4.74 Å². The van der Waals surface area contributed by atoms with Crippen molar-refractivity contribution in [2.75, 3.05) is 25.9 Å². The minimum atomic E-state index is -3.09. The van der Waals surface area contributed by atoms with E-state index < -0.39 is 14.6 Å². The standard InChI is InChI=1S/C22H30N4O3S/c1-16-6-7-19(12-17(16)2)29-20-13-18(8-9-24-20)14-25-21(23-5)26-10-11-30(27,28)22(3,4)15-26/h6-9,12-13H,10-11,14-15H2,1-5H3,(H,23,25). The molecule has 2 aromatic rings. The topological polar surface area (TPSA) is 83.9 Å². The first-order valence-corrected chi connectivity index (χ1v) is 11.6. The molecule has 7 nitrogen and oxygen atoms in total. The maximum atomic E-state index is 12.3. The molecule has 0 atom stereocenters. The van der Waals surface area contributed by atoms with Crippen molar-refractivity contribution in [3.63, 3.8) is 0 Å². The molecule has 8 heteroatoms. The lowest BCUT2D eigenvalue weighted by Crippen LogP contribution is -2.57. The molecule has 162 valence electrons. The third-order valence-corrected chi connectivity index (χ3v) is 8.04. The highest BCUT2D eigenvalue weighted by Gasteiger charge is 2.40. The van der Waals surface area contributed by atoms with Crippen molar-refractivity contribution >= 4 is 15.8 Å². The summed E-state index contributed by atoms with van der Waals surface area (Å²) in [6.45, 7) is 9.02. The Kier molecular flexibility index (Phi) is 6.36. The minimum absolute atomic E-state index is 0.129. The fourth-order valence-electron chi connectivity index (χ4n) is 3.35. The van der Waals surface area contributed by atoms with Gasteiger partial charge in [0.1, 0.15) is 5.75 Å². The van der Waals surface area contributed by atoms with Crippen LogP contribution in [0.3, 0.4) is 0 Å². The van der Waals surface area contributed by atoms with Crippen molar-refractivity contribution in [1.29, 1.82) is 0 Å². The molecule has 2 heterocycles. The Bertz CT molecular complexity index is 1050. The van der Waals surface area contributed by atoms with Crippen LogP contribution in [0.1, 0.15) is 30.5 Å². The molecule has 30 heavy (non-hydrogen) atoms. The summed E-state index contributed by atoms with van der Waals surface area (Å²) in [6, 6.07) is 9.76. The van der Waals surface area contributed by atoms with E-state index in [2.05, 4.69) is 29.1 Å². The molecule has 3 rings (SSSR count). The van der Waals surface area contributed by atoms with Gasteiger partial charge >= 0.3 is 0 Å². The number of aromatic nitrogens is 1. The van der Waals surface area contributed by atoms with Gasteiger partial charge < -0.3 is 15.0 Å². The van der Waals surface area contributed by atoms with E-state index in [0.29, 0.717) is 31.5 Å². The van der Waals surface area contributed by atoms with Crippen LogP contribution in [0, 0.1) is 13.8 Å². The summed E-state index contributed by atoms with van der Waals surface area (Å²) >= 11 is 0. The first-order chi connectivity index (χ1) is 14.1. The summed E-state index contributed by atoms with van der Waals surface area (Å²) in [4.78, 5) is 10.6. The fraction of sp³-hybridized carbons (Fsp3) is 0.455. The number of guanidine groups is 1. The van der Waals surface area contributed by atoms with E-state index in [9.17, 15) is 8.42 Å². The van der Waals surface area contributed by atoms with Crippen molar-refractivity contribution in [2.24, 2.45) is 4.99 Å².